The number of carbonyl (C=O) groups is 1. The molecule has 0 unspecified atom stereocenters. The number of morpholine rings is 1. The second-order valence-corrected chi connectivity index (χ2v) is 4.86. The summed E-state index contributed by atoms with van der Waals surface area (Å²) >= 11 is 7.19. The molecule has 0 bridgehead atoms. The maximum Gasteiger partial charge on any atom is 1.00 e. The van der Waals surface area contributed by atoms with Crippen LogP contribution < -0.4 is 29.6 Å². The van der Waals surface area contributed by atoms with Crippen LogP contribution >= 0.6 is 22.9 Å². The van der Waals surface area contributed by atoms with Gasteiger partial charge < -0.3 is 11.3 Å². The fourth-order valence-corrected chi connectivity index (χ4v) is 2.81. The van der Waals surface area contributed by atoms with Crippen LogP contribution in [0.1, 0.15) is 16.7 Å². The standard InChI is InChI=1S/C10H12ClNO3S.Na.H/c11-8-7(6-16-9(8)10(13)14)5-12-1-3-15-4-2-12;;/h6H,1-5H2,(H,13,14);;/q;+1;-1. The van der Waals surface area contributed by atoms with Crippen LogP contribution in [0.2, 0.25) is 5.02 Å². The molecule has 1 aromatic heterocycles. The molecule has 1 N–H and O–H groups in total. The predicted molar refractivity (Wildman–Crippen MR) is 63.5 cm³/mol. The van der Waals surface area contributed by atoms with Crippen molar-refractivity contribution in [3.05, 3.63) is 20.8 Å². The van der Waals surface area contributed by atoms with Gasteiger partial charge in [-0.1, -0.05) is 11.6 Å². The van der Waals surface area contributed by atoms with Crippen LogP contribution in [0.5, 0.6) is 0 Å². The number of carboxylic acid groups (broad SMARTS) is 1. The van der Waals surface area contributed by atoms with E-state index in [1.807, 2.05) is 5.38 Å². The Hall–Kier alpha value is 0.380. The molecular formula is C10H13ClNNaO3S. The molecule has 2 rings (SSSR count). The van der Waals surface area contributed by atoms with Gasteiger partial charge in [-0.15, -0.1) is 11.3 Å². The molecule has 1 aliphatic rings. The van der Waals surface area contributed by atoms with Crippen molar-refractivity contribution >= 4 is 28.9 Å². The minimum absolute atomic E-state index is 0. The quantitative estimate of drug-likeness (QED) is 0.728. The third kappa shape index (κ3) is 3.92. The minimum Gasteiger partial charge on any atom is -1.00 e. The van der Waals surface area contributed by atoms with Crippen molar-refractivity contribution in [1.29, 1.82) is 0 Å². The normalized spacial score (nSPS) is 16.5. The first-order valence-corrected chi connectivity index (χ1v) is 6.23. The van der Waals surface area contributed by atoms with Crippen LogP contribution in [0.3, 0.4) is 0 Å². The van der Waals surface area contributed by atoms with Crippen LogP contribution in [0, 0.1) is 0 Å². The molecule has 0 spiro atoms. The van der Waals surface area contributed by atoms with Gasteiger partial charge in [-0.05, 0) is 10.9 Å². The molecule has 0 amide bonds. The van der Waals surface area contributed by atoms with Crippen LogP contribution in [-0.4, -0.2) is 42.3 Å². The van der Waals surface area contributed by atoms with Gasteiger partial charge in [0.05, 0.1) is 18.2 Å². The van der Waals surface area contributed by atoms with Crippen molar-refractivity contribution in [2.24, 2.45) is 0 Å². The van der Waals surface area contributed by atoms with Crippen molar-refractivity contribution in [3.63, 3.8) is 0 Å². The molecule has 90 valence electrons. The molecule has 1 saturated heterocycles. The number of ether oxygens (including phenoxy) is 1. The van der Waals surface area contributed by atoms with E-state index in [1.165, 1.54) is 11.3 Å². The zero-order chi connectivity index (χ0) is 11.5. The zero-order valence-electron chi connectivity index (χ0n) is 10.6. The van der Waals surface area contributed by atoms with Crippen LogP contribution in [-0.2, 0) is 11.3 Å². The molecule has 1 aromatic rings. The number of thiophene rings is 1. The van der Waals surface area contributed by atoms with E-state index in [0.717, 1.165) is 31.9 Å². The maximum absolute atomic E-state index is 10.8. The predicted octanol–water partition coefficient (Wildman–Crippen LogP) is -0.952. The molecular weight excluding hydrogens is 273 g/mol. The third-order valence-electron chi connectivity index (χ3n) is 2.49. The summed E-state index contributed by atoms with van der Waals surface area (Å²) in [5.41, 5.74) is 0.894. The average molecular weight is 286 g/mol. The average Bonchev–Trinajstić information content (AvgIpc) is 2.62. The molecule has 7 heteroatoms. The fourth-order valence-electron chi connectivity index (χ4n) is 1.63. The molecule has 17 heavy (non-hydrogen) atoms. The Morgan fingerprint density at radius 3 is 2.76 bits per heavy atom. The maximum atomic E-state index is 10.8. The van der Waals surface area contributed by atoms with Crippen molar-refractivity contribution in [3.8, 4) is 0 Å². The van der Waals surface area contributed by atoms with E-state index in [9.17, 15) is 4.79 Å². The van der Waals surface area contributed by atoms with Gasteiger partial charge in [0.15, 0.2) is 0 Å². The SMILES string of the molecule is O=C(O)c1scc(CN2CCOCC2)c1Cl.[H-].[Na+]. The summed E-state index contributed by atoms with van der Waals surface area (Å²) in [6.45, 7) is 3.90. The number of aromatic carboxylic acids is 1. The first kappa shape index (κ1) is 15.4. The largest absolute Gasteiger partial charge is 1.00 e. The van der Waals surface area contributed by atoms with Gasteiger partial charge in [-0.2, -0.15) is 0 Å². The smallest absolute Gasteiger partial charge is 1.00 e. The summed E-state index contributed by atoms with van der Waals surface area (Å²) < 4.78 is 5.24. The van der Waals surface area contributed by atoms with E-state index >= 15 is 0 Å². The number of rotatable bonds is 3. The van der Waals surface area contributed by atoms with E-state index in [4.69, 9.17) is 21.4 Å². The first-order valence-electron chi connectivity index (χ1n) is 4.97. The molecule has 2 heterocycles. The Balaban J connectivity index is 0.00000144. The van der Waals surface area contributed by atoms with Crippen molar-refractivity contribution in [2.75, 3.05) is 26.3 Å². The second kappa shape index (κ2) is 7.09. The summed E-state index contributed by atoms with van der Waals surface area (Å²) in [5, 5.41) is 11.1. The minimum atomic E-state index is -0.955. The summed E-state index contributed by atoms with van der Waals surface area (Å²) in [4.78, 5) is 13.3. The van der Waals surface area contributed by atoms with Gasteiger partial charge in [0.1, 0.15) is 4.88 Å². The number of hydrogen-bond acceptors (Lipinski definition) is 4. The van der Waals surface area contributed by atoms with Gasteiger partial charge >= 0.3 is 35.5 Å². The van der Waals surface area contributed by atoms with E-state index in [2.05, 4.69) is 4.90 Å². The Morgan fingerprint density at radius 2 is 2.24 bits per heavy atom. The van der Waals surface area contributed by atoms with Gasteiger partial charge in [-0.3, -0.25) is 4.90 Å². The first-order chi connectivity index (χ1) is 7.68. The van der Waals surface area contributed by atoms with Crippen molar-refractivity contribution in [2.45, 2.75) is 6.54 Å². The van der Waals surface area contributed by atoms with Crippen LogP contribution in [0.4, 0.5) is 0 Å². The molecule has 0 radical (unpaired) electrons. The topological polar surface area (TPSA) is 49.8 Å². The summed E-state index contributed by atoms with van der Waals surface area (Å²) in [5.74, 6) is -0.955. The Bertz CT molecular complexity index is 398. The van der Waals surface area contributed by atoms with Crippen LogP contribution in [0.15, 0.2) is 5.38 Å². The number of carboxylic acids is 1. The number of hydrogen-bond donors (Lipinski definition) is 1. The number of halogens is 1. The van der Waals surface area contributed by atoms with E-state index in [-0.39, 0.29) is 35.9 Å². The van der Waals surface area contributed by atoms with Gasteiger partial charge in [0.25, 0.3) is 0 Å². The van der Waals surface area contributed by atoms with Crippen LogP contribution in [0.25, 0.3) is 0 Å². The molecule has 1 fully saturated rings. The van der Waals surface area contributed by atoms with E-state index in [1.54, 1.807) is 0 Å². The monoisotopic (exact) mass is 285 g/mol. The summed E-state index contributed by atoms with van der Waals surface area (Å²) in [6, 6.07) is 0. The zero-order valence-corrected chi connectivity index (χ0v) is 13.2. The summed E-state index contributed by atoms with van der Waals surface area (Å²) in [7, 11) is 0. The second-order valence-electron chi connectivity index (χ2n) is 3.60. The molecule has 0 atom stereocenters. The molecule has 1 aliphatic heterocycles. The van der Waals surface area contributed by atoms with E-state index in [0.29, 0.717) is 11.6 Å². The summed E-state index contributed by atoms with van der Waals surface area (Å²) in [6.07, 6.45) is 0. The number of nitrogens with zero attached hydrogens (tertiary/aromatic N) is 1. The molecule has 0 aromatic carbocycles. The van der Waals surface area contributed by atoms with Crippen molar-refractivity contribution in [1.82, 2.24) is 4.90 Å². The third-order valence-corrected chi connectivity index (χ3v) is 4.05. The van der Waals surface area contributed by atoms with Gasteiger partial charge in [0, 0.05) is 19.6 Å². The molecule has 0 aliphatic carbocycles. The van der Waals surface area contributed by atoms with Gasteiger partial charge in [-0.25, -0.2) is 4.79 Å². The molecule has 0 saturated carbocycles. The van der Waals surface area contributed by atoms with E-state index < -0.39 is 5.97 Å². The fraction of sp³-hybridized carbons (Fsp3) is 0.500. The molecule has 4 nitrogen and oxygen atoms in total. The Morgan fingerprint density at radius 1 is 1.59 bits per heavy atom. The Kier molecular flexibility index (Phi) is 6.44. The Labute approximate surface area is 132 Å². The van der Waals surface area contributed by atoms with Gasteiger partial charge in [0.2, 0.25) is 0 Å². The van der Waals surface area contributed by atoms with Crippen molar-refractivity contribution < 1.29 is 45.6 Å².